The first-order valence-corrected chi connectivity index (χ1v) is 7.38. The molecule has 1 aromatic carbocycles. The van der Waals surface area contributed by atoms with Gasteiger partial charge in [0.2, 0.25) is 5.95 Å². The molecule has 0 radical (unpaired) electrons. The Morgan fingerprint density at radius 2 is 1.91 bits per heavy atom. The Bertz CT molecular complexity index is 690. The van der Waals surface area contributed by atoms with Crippen molar-refractivity contribution in [2.45, 2.75) is 0 Å². The van der Waals surface area contributed by atoms with Crippen LogP contribution in [0.4, 0.5) is 10.7 Å². The second-order valence-electron chi connectivity index (χ2n) is 4.85. The number of anilines is 1. The number of halogens is 1. The molecule has 0 spiro atoms. The number of hydrogen-bond acceptors (Lipinski definition) is 3. The van der Waals surface area contributed by atoms with Crippen molar-refractivity contribution in [1.82, 2.24) is 14.9 Å². The van der Waals surface area contributed by atoms with Crippen LogP contribution in [0.3, 0.4) is 0 Å². The third-order valence-corrected chi connectivity index (χ3v) is 3.76. The van der Waals surface area contributed by atoms with Gasteiger partial charge in [0, 0.05) is 37.1 Å². The standard InChI is InChI=1S/C16H15ClN4O/c17-14-7-2-1-5-13(14)6-3-10-20-11-12-21(16(20)22)15-18-8-4-9-19-15/h1-9H,10-12H2/b6-3+. The number of carbonyl (C=O) groups is 1. The van der Waals surface area contributed by atoms with Crippen molar-refractivity contribution < 1.29 is 4.79 Å². The zero-order valence-electron chi connectivity index (χ0n) is 11.9. The lowest BCUT2D eigenvalue weighted by atomic mass is 10.2. The summed E-state index contributed by atoms with van der Waals surface area (Å²) < 4.78 is 0. The average Bonchev–Trinajstić information content (AvgIpc) is 2.91. The summed E-state index contributed by atoms with van der Waals surface area (Å²) >= 11 is 6.09. The molecule has 0 bridgehead atoms. The highest BCUT2D eigenvalue weighted by molar-refractivity contribution is 6.32. The van der Waals surface area contributed by atoms with Gasteiger partial charge in [-0.3, -0.25) is 4.90 Å². The molecule has 2 heterocycles. The highest BCUT2D eigenvalue weighted by Gasteiger charge is 2.30. The van der Waals surface area contributed by atoms with Crippen LogP contribution in [0.5, 0.6) is 0 Å². The molecule has 1 aliphatic heterocycles. The van der Waals surface area contributed by atoms with E-state index in [0.29, 0.717) is 30.6 Å². The summed E-state index contributed by atoms with van der Waals surface area (Å²) in [7, 11) is 0. The summed E-state index contributed by atoms with van der Waals surface area (Å²) in [4.78, 5) is 23.9. The Morgan fingerprint density at radius 1 is 1.14 bits per heavy atom. The van der Waals surface area contributed by atoms with Crippen LogP contribution in [0.1, 0.15) is 5.56 Å². The van der Waals surface area contributed by atoms with Crippen molar-refractivity contribution >= 4 is 29.7 Å². The van der Waals surface area contributed by atoms with E-state index in [4.69, 9.17) is 11.6 Å². The second-order valence-corrected chi connectivity index (χ2v) is 5.26. The van der Waals surface area contributed by atoms with Gasteiger partial charge in [0.15, 0.2) is 0 Å². The smallest absolute Gasteiger partial charge is 0.319 e. The van der Waals surface area contributed by atoms with E-state index in [9.17, 15) is 4.79 Å². The molecule has 1 aliphatic rings. The van der Waals surface area contributed by atoms with Crippen LogP contribution in [-0.4, -0.2) is 40.5 Å². The molecule has 112 valence electrons. The molecule has 0 aliphatic carbocycles. The van der Waals surface area contributed by atoms with Crippen LogP contribution in [0.25, 0.3) is 6.08 Å². The van der Waals surface area contributed by atoms with E-state index in [1.54, 1.807) is 28.3 Å². The minimum Gasteiger partial charge on any atom is -0.319 e. The fraction of sp³-hybridized carbons (Fsp3) is 0.188. The van der Waals surface area contributed by atoms with Crippen LogP contribution < -0.4 is 4.90 Å². The van der Waals surface area contributed by atoms with Gasteiger partial charge >= 0.3 is 6.03 Å². The van der Waals surface area contributed by atoms with Gasteiger partial charge in [0.1, 0.15) is 0 Å². The van der Waals surface area contributed by atoms with Crippen LogP contribution >= 0.6 is 11.6 Å². The Labute approximate surface area is 133 Å². The maximum atomic E-state index is 12.3. The molecule has 0 N–H and O–H groups in total. The summed E-state index contributed by atoms with van der Waals surface area (Å²) in [6, 6.07) is 9.26. The highest BCUT2D eigenvalue weighted by Crippen LogP contribution is 2.18. The van der Waals surface area contributed by atoms with Gasteiger partial charge in [0.05, 0.1) is 0 Å². The molecule has 2 amide bonds. The van der Waals surface area contributed by atoms with E-state index in [0.717, 1.165) is 5.56 Å². The van der Waals surface area contributed by atoms with E-state index in [-0.39, 0.29) is 6.03 Å². The van der Waals surface area contributed by atoms with E-state index in [1.807, 2.05) is 36.4 Å². The van der Waals surface area contributed by atoms with Crippen molar-refractivity contribution in [2.24, 2.45) is 0 Å². The van der Waals surface area contributed by atoms with Crippen LogP contribution in [0.2, 0.25) is 5.02 Å². The molecule has 0 unspecified atom stereocenters. The predicted octanol–water partition coefficient (Wildman–Crippen LogP) is 3.09. The van der Waals surface area contributed by atoms with Gasteiger partial charge in [-0.25, -0.2) is 14.8 Å². The van der Waals surface area contributed by atoms with E-state index >= 15 is 0 Å². The van der Waals surface area contributed by atoms with Crippen molar-refractivity contribution in [3.63, 3.8) is 0 Å². The number of aromatic nitrogens is 2. The van der Waals surface area contributed by atoms with Gasteiger partial charge in [-0.05, 0) is 17.7 Å². The number of benzene rings is 1. The lowest BCUT2D eigenvalue weighted by Gasteiger charge is -2.15. The molecule has 22 heavy (non-hydrogen) atoms. The first kappa shape index (κ1) is 14.5. The molecule has 0 saturated carbocycles. The van der Waals surface area contributed by atoms with E-state index in [2.05, 4.69) is 9.97 Å². The lowest BCUT2D eigenvalue weighted by Crippen LogP contribution is -2.32. The van der Waals surface area contributed by atoms with Crippen molar-refractivity contribution in [2.75, 3.05) is 24.5 Å². The molecule has 2 aromatic rings. The Balaban J connectivity index is 1.63. The number of amides is 2. The summed E-state index contributed by atoms with van der Waals surface area (Å²) in [5.41, 5.74) is 0.944. The van der Waals surface area contributed by atoms with Crippen LogP contribution in [0.15, 0.2) is 48.8 Å². The van der Waals surface area contributed by atoms with Crippen molar-refractivity contribution in [1.29, 1.82) is 0 Å². The molecule has 1 aromatic heterocycles. The Kier molecular flexibility index (Phi) is 4.34. The Hall–Kier alpha value is -2.40. The molecule has 6 heteroatoms. The molecule has 3 rings (SSSR count). The van der Waals surface area contributed by atoms with Crippen LogP contribution in [0, 0.1) is 0 Å². The van der Waals surface area contributed by atoms with E-state index in [1.165, 1.54) is 0 Å². The fourth-order valence-corrected chi connectivity index (χ4v) is 2.48. The normalized spacial score (nSPS) is 15.0. The number of urea groups is 1. The zero-order valence-corrected chi connectivity index (χ0v) is 12.6. The van der Waals surface area contributed by atoms with Gasteiger partial charge < -0.3 is 4.90 Å². The monoisotopic (exact) mass is 314 g/mol. The summed E-state index contributed by atoms with van der Waals surface area (Å²) in [5.74, 6) is 0.449. The third-order valence-electron chi connectivity index (χ3n) is 3.42. The molecular weight excluding hydrogens is 300 g/mol. The number of carbonyl (C=O) groups excluding carboxylic acids is 1. The second kappa shape index (κ2) is 6.58. The lowest BCUT2D eigenvalue weighted by molar-refractivity contribution is 0.225. The summed E-state index contributed by atoms with van der Waals surface area (Å²) in [6.45, 7) is 1.79. The highest BCUT2D eigenvalue weighted by atomic mass is 35.5. The Morgan fingerprint density at radius 3 is 2.68 bits per heavy atom. The van der Waals surface area contributed by atoms with Crippen molar-refractivity contribution in [3.05, 3.63) is 59.4 Å². The largest absolute Gasteiger partial charge is 0.327 e. The minimum atomic E-state index is -0.0741. The molecule has 1 saturated heterocycles. The molecule has 0 atom stereocenters. The SMILES string of the molecule is O=C1N(C/C=C/c2ccccc2Cl)CCN1c1ncccn1. The molecule has 1 fully saturated rings. The number of hydrogen-bond donors (Lipinski definition) is 0. The van der Waals surface area contributed by atoms with Crippen LogP contribution in [-0.2, 0) is 0 Å². The third kappa shape index (κ3) is 3.09. The van der Waals surface area contributed by atoms with Gasteiger partial charge in [0.25, 0.3) is 0 Å². The number of rotatable bonds is 4. The average molecular weight is 315 g/mol. The summed E-state index contributed by atoms with van der Waals surface area (Å²) in [5, 5.41) is 0.700. The molecule has 5 nitrogen and oxygen atoms in total. The first-order valence-electron chi connectivity index (χ1n) is 7.00. The van der Waals surface area contributed by atoms with E-state index < -0.39 is 0 Å². The van der Waals surface area contributed by atoms with Gasteiger partial charge in [-0.15, -0.1) is 0 Å². The quantitative estimate of drug-likeness (QED) is 0.871. The maximum absolute atomic E-state index is 12.3. The fourth-order valence-electron chi connectivity index (χ4n) is 2.29. The summed E-state index contributed by atoms with van der Waals surface area (Å²) in [6.07, 6.45) is 7.14. The zero-order chi connectivity index (χ0) is 15.4. The van der Waals surface area contributed by atoms with Gasteiger partial charge in [-0.1, -0.05) is 42.0 Å². The van der Waals surface area contributed by atoms with Crippen molar-refractivity contribution in [3.8, 4) is 0 Å². The number of nitrogens with zero attached hydrogens (tertiary/aromatic N) is 4. The van der Waals surface area contributed by atoms with Gasteiger partial charge in [-0.2, -0.15) is 0 Å². The minimum absolute atomic E-state index is 0.0741. The first-order chi connectivity index (χ1) is 10.8. The molecular formula is C16H15ClN4O. The topological polar surface area (TPSA) is 49.3 Å². The maximum Gasteiger partial charge on any atom is 0.327 e. The predicted molar refractivity (Wildman–Crippen MR) is 86.8 cm³/mol.